The summed E-state index contributed by atoms with van der Waals surface area (Å²) in [6.45, 7) is 0. The third-order valence-electron chi connectivity index (χ3n) is 5.66. The molecule has 0 saturated heterocycles. The lowest BCUT2D eigenvalue weighted by atomic mass is 9.73. The summed E-state index contributed by atoms with van der Waals surface area (Å²) < 4.78 is 0.459. The highest BCUT2D eigenvalue weighted by Crippen LogP contribution is 2.93. The van der Waals surface area contributed by atoms with E-state index < -0.39 is 0 Å². The molecule has 0 aliphatic heterocycles. The molecule has 0 bridgehead atoms. The van der Waals surface area contributed by atoms with Crippen LogP contribution in [0.1, 0.15) is 25.7 Å². The Kier molecular flexibility index (Phi) is 2.07. The van der Waals surface area contributed by atoms with Gasteiger partial charge in [-0.2, -0.15) is 0 Å². The molecule has 4 heteroatoms. The van der Waals surface area contributed by atoms with Gasteiger partial charge in [0, 0.05) is 10.8 Å². The maximum Gasteiger partial charge on any atom is 0.0935 e. The number of halogens is 4. The monoisotopic (exact) mass is 472 g/mol. The molecule has 4 aliphatic rings. The lowest BCUT2D eigenvalue weighted by Gasteiger charge is -2.29. The van der Waals surface area contributed by atoms with Crippen LogP contribution in [0.5, 0.6) is 0 Å². The number of fused-ring (bicyclic) bond motifs is 1. The number of allylic oxidation sites excluding steroid dienone is 2. The third kappa shape index (κ3) is 0.946. The zero-order valence-corrected chi connectivity index (χ0v) is 15.0. The summed E-state index contributed by atoms with van der Waals surface area (Å²) in [6.07, 6.45) is 9.93. The van der Waals surface area contributed by atoms with Crippen LogP contribution >= 0.6 is 63.7 Å². The quantitative estimate of drug-likeness (QED) is 0.328. The Morgan fingerprint density at radius 3 is 1.69 bits per heavy atom. The topological polar surface area (TPSA) is 0 Å². The predicted molar refractivity (Wildman–Crippen MR) is 80.6 cm³/mol. The van der Waals surface area contributed by atoms with Crippen LogP contribution in [0.3, 0.4) is 0 Å². The summed E-state index contributed by atoms with van der Waals surface area (Å²) in [7, 11) is 0. The van der Waals surface area contributed by atoms with Crippen LogP contribution in [0.4, 0.5) is 0 Å². The van der Waals surface area contributed by atoms with Crippen LogP contribution in [0.25, 0.3) is 0 Å². The molecular formula is C12H12Br4. The second-order valence-electron chi connectivity index (χ2n) is 5.91. The molecule has 88 valence electrons. The Morgan fingerprint density at radius 2 is 1.25 bits per heavy atom. The van der Waals surface area contributed by atoms with Crippen LogP contribution in [-0.2, 0) is 0 Å². The molecule has 0 amide bonds. The van der Waals surface area contributed by atoms with Gasteiger partial charge in [0.15, 0.2) is 0 Å². The van der Waals surface area contributed by atoms with Crippen LogP contribution in [-0.4, -0.2) is 6.47 Å². The molecule has 4 aliphatic carbocycles. The van der Waals surface area contributed by atoms with Gasteiger partial charge in [0.25, 0.3) is 0 Å². The van der Waals surface area contributed by atoms with Crippen molar-refractivity contribution in [2.24, 2.45) is 22.7 Å². The van der Waals surface area contributed by atoms with Gasteiger partial charge in [-0.15, -0.1) is 0 Å². The molecule has 0 spiro atoms. The Morgan fingerprint density at radius 1 is 0.812 bits per heavy atom. The highest BCUT2D eigenvalue weighted by Gasteiger charge is 2.90. The Bertz CT molecular complexity index is 379. The lowest BCUT2D eigenvalue weighted by Crippen LogP contribution is -2.22. The average Bonchev–Trinajstić information content (AvgIpc) is 2.93. The van der Waals surface area contributed by atoms with Gasteiger partial charge in [0.1, 0.15) is 0 Å². The average molecular weight is 476 g/mol. The molecule has 0 unspecified atom stereocenters. The van der Waals surface area contributed by atoms with Crippen LogP contribution in [0, 0.1) is 22.7 Å². The minimum absolute atomic E-state index is 0.201. The van der Waals surface area contributed by atoms with Crippen molar-refractivity contribution in [2.75, 3.05) is 0 Å². The van der Waals surface area contributed by atoms with Crippen molar-refractivity contribution in [1.29, 1.82) is 0 Å². The van der Waals surface area contributed by atoms with Crippen LogP contribution in [0.2, 0.25) is 0 Å². The molecule has 0 aromatic heterocycles. The molecule has 4 rings (SSSR count). The van der Waals surface area contributed by atoms with Gasteiger partial charge in [0.2, 0.25) is 0 Å². The van der Waals surface area contributed by atoms with E-state index in [4.69, 9.17) is 0 Å². The summed E-state index contributed by atoms with van der Waals surface area (Å²) in [5.74, 6) is 1.65. The highest BCUT2D eigenvalue weighted by molar-refractivity contribution is 9.26. The van der Waals surface area contributed by atoms with E-state index in [0.717, 1.165) is 11.8 Å². The van der Waals surface area contributed by atoms with Gasteiger partial charge in [-0.1, -0.05) is 75.9 Å². The molecule has 0 radical (unpaired) electrons. The molecule has 0 nitrogen and oxygen atoms in total. The second kappa shape index (κ2) is 2.88. The van der Waals surface area contributed by atoms with E-state index in [-0.39, 0.29) is 6.47 Å². The van der Waals surface area contributed by atoms with Gasteiger partial charge in [-0.3, -0.25) is 0 Å². The fourth-order valence-electron chi connectivity index (χ4n) is 4.54. The lowest BCUT2D eigenvalue weighted by molar-refractivity contribution is 0.221. The van der Waals surface area contributed by atoms with E-state index in [1.165, 1.54) is 25.7 Å². The van der Waals surface area contributed by atoms with Gasteiger partial charge in [-0.25, -0.2) is 0 Å². The van der Waals surface area contributed by atoms with E-state index in [0.29, 0.717) is 10.8 Å². The highest BCUT2D eigenvalue weighted by atomic mass is 79.9. The summed E-state index contributed by atoms with van der Waals surface area (Å²) in [6, 6.07) is 0. The molecule has 16 heavy (non-hydrogen) atoms. The minimum atomic E-state index is 0.201. The molecule has 0 aromatic rings. The van der Waals surface area contributed by atoms with Crippen molar-refractivity contribution in [3.63, 3.8) is 0 Å². The first-order chi connectivity index (χ1) is 7.39. The molecule has 3 fully saturated rings. The van der Waals surface area contributed by atoms with E-state index in [2.05, 4.69) is 75.9 Å². The summed E-state index contributed by atoms with van der Waals surface area (Å²) >= 11 is 15.7. The summed E-state index contributed by atoms with van der Waals surface area (Å²) in [5, 5.41) is 0. The van der Waals surface area contributed by atoms with Gasteiger partial charge < -0.3 is 0 Å². The van der Waals surface area contributed by atoms with Crippen molar-refractivity contribution >= 4 is 63.7 Å². The van der Waals surface area contributed by atoms with E-state index in [1.807, 2.05) is 0 Å². The number of hydrogen-bond donors (Lipinski definition) is 0. The number of alkyl halides is 4. The molecule has 0 aromatic carbocycles. The molecule has 4 atom stereocenters. The normalized spacial score (nSPS) is 58.2. The zero-order valence-electron chi connectivity index (χ0n) is 8.65. The number of hydrogen-bond acceptors (Lipinski definition) is 0. The molecule has 0 heterocycles. The smallest absolute Gasteiger partial charge is 0.0879 e. The maximum absolute atomic E-state index is 3.99. The first-order valence-corrected chi connectivity index (χ1v) is 8.97. The fourth-order valence-corrected chi connectivity index (χ4v) is 8.81. The maximum atomic E-state index is 3.99. The largest absolute Gasteiger partial charge is 0.0935 e. The number of rotatable bonds is 0. The van der Waals surface area contributed by atoms with Crippen LogP contribution < -0.4 is 0 Å². The minimum Gasteiger partial charge on any atom is -0.0879 e. The van der Waals surface area contributed by atoms with Crippen molar-refractivity contribution in [2.45, 2.75) is 32.2 Å². The van der Waals surface area contributed by atoms with Crippen molar-refractivity contribution in [3.8, 4) is 0 Å². The first-order valence-electron chi connectivity index (χ1n) is 5.80. The predicted octanol–water partition coefficient (Wildman–Crippen LogP) is 5.33. The van der Waals surface area contributed by atoms with Gasteiger partial charge >= 0.3 is 0 Å². The fraction of sp³-hybridized carbons (Fsp3) is 0.833. The van der Waals surface area contributed by atoms with Gasteiger partial charge in [-0.05, 0) is 37.5 Å². The summed E-state index contributed by atoms with van der Waals surface area (Å²) in [4.78, 5) is 0. The van der Waals surface area contributed by atoms with Crippen molar-refractivity contribution in [1.82, 2.24) is 0 Å². The van der Waals surface area contributed by atoms with Crippen LogP contribution in [0.15, 0.2) is 12.2 Å². The molecule has 3 saturated carbocycles. The Hall–Kier alpha value is 1.66. The molecule has 0 N–H and O–H groups in total. The first kappa shape index (κ1) is 11.5. The van der Waals surface area contributed by atoms with E-state index in [9.17, 15) is 0 Å². The molecular weight excluding hydrogens is 464 g/mol. The Balaban J connectivity index is 1.78. The Labute approximate surface area is 130 Å². The standard InChI is InChI=1S/C12H12Br4/c13-11(14)7-5-9-3-1-2-4-10(9,6-8(7)11)12(9,15)16/h1-2,7-8H,3-6H2/t7-,8+,9+,10-. The third-order valence-corrected chi connectivity index (χ3v) is 11.0. The summed E-state index contributed by atoms with van der Waals surface area (Å²) in [5.41, 5.74) is 0.943. The SMILES string of the molecule is BrC1(Br)[C@@H]2C[C@@]34CC=CC[C@]3(C[C@@H]21)C4(Br)Br. The van der Waals surface area contributed by atoms with Gasteiger partial charge in [0.05, 0.1) is 6.47 Å². The van der Waals surface area contributed by atoms with E-state index in [1.54, 1.807) is 0 Å². The van der Waals surface area contributed by atoms with Crippen molar-refractivity contribution < 1.29 is 0 Å². The second-order valence-corrected chi connectivity index (χ2v) is 13.0. The zero-order chi connectivity index (χ0) is 11.4. The van der Waals surface area contributed by atoms with E-state index >= 15 is 0 Å². The van der Waals surface area contributed by atoms with Crippen molar-refractivity contribution in [3.05, 3.63) is 12.2 Å².